The van der Waals surface area contributed by atoms with Crippen LogP contribution in [0.5, 0.6) is 17.8 Å². The predicted molar refractivity (Wildman–Crippen MR) is 83.5 cm³/mol. The van der Waals surface area contributed by atoms with Crippen molar-refractivity contribution < 1.29 is 9.47 Å². The number of thioether (sulfide) groups is 1. The normalized spacial score (nSPS) is 10.2. The summed E-state index contributed by atoms with van der Waals surface area (Å²) in [6.07, 6.45) is 2.96. The van der Waals surface area contributed by atoms with Gasteiger partial charge < -0.3 is 14.8 Å². The number of hydrogen-bond acceptors (Lipinski definition) is 7. The fraction of sp³-hybridized carbons (Fsp3) is 0.357. The van der Waals surface area contributed by atoms with E-state index in [1.165, 1.54) is 7.11 Å². The van der Waals surface area contributed by atoms with Crippen molar-refractivity contribution in [3.05, 3.63) is 24.3 Å². The van der Waals surface area contributed by atoms with Gasteiger partial charge in [0.25, 0.3) is 0 Å². The number of benzene rings is 1. The van der Waals surface area contributed by atoms with Crippen LogP contribution in [0.4, 0.5) is 5.95 Å². The van der Waals surface area contributed by atoms with Gasteiger partial charge in [0.2, 0.25) is 5.95 Å². The molecule has 0 aliphatic rings. The molecule has 2 aromatic rings. The molecule has 1 heterocycles. The maximum atomic E-state index is 5.76. The van der Waals surface area contributed by atoms with Crippen LogP contribution in [0.15, 0.2) is 29.2 Å². The van der Waals surface area contributed by atoms with E-state index in [0.29, 0.717) is 11.7 Å². The molecule has 0 bridgehead atoms. The zero-order valence-corrected chi connectivity index (χ0v) is 13.1. The smallest absolute Gasteiger partial charge is 0.330 e. The Hall–Kier alpha value is -2.02. The van der Waals surface area contributed by atoms with E-state index in [2.05, 4.69) is 27.2 Å². The summed E-state index contributed by atoms with van der Waals surface area (Å²) in [6.45, 7) is 2.84. The SMILES string of the molecule is CCCNc1nc(OC)nc(Oc2ccccc2SC)n1. The van der Waals surface area contributed by atoms with E-state index in [4.69, 9.17) is 9.47 Å². The van der Waals surface area contributed by atoms with Gasteiger partial charge in [-0.15, -0.1) is 16.7 Å². The number of anilines is 1. The fourth-order valence-corrected chi connectivity index (χ4v) is 2.12. The van der Waals surface area contributed by atoms with Gasteiger partial charge in [-0.3, -0.25) is 0 Å². The summed E-state index contributed by atoms with van der Waals surface area (Å²) in [5.41, 5.74) is 0. The summed E-state index contributed by atoms with van der Waals surface area (Å²) in [6, 6.07) is 8.16. The number of rotatable bonds is 7. The quantitative estimate of drug-likeness (QED) is 0.788. The third-order valence-corrected chi connectivity index (χ3v) is 3.36. The Morgan fingerprint density at radius 3 is 2.62 bits per heavy atom. The highest BCUT2D eigenvalue weighted by molar-refractivity contribution is 7.98. The minimum atomic E-state index is 0.210. The summed E-state index contributed by atoms with van der Waals surface area (Å²) < 4.78 is 10.8. The molecule has 2 rings (SSSR count). The Kier molecular flexibility index (Phi) is 5.62. The highest BCUT2D eigenvalue weighted by atomic mass is 32.2. The van der Waals surface area contributed by atoms with Gasteiger partial charge in [-0.05, 0) is 24.8 Å². The van der Waals surface area contributed by atoms with Crippen molar-refractivity contribution in [1.82, 2.24) is 15.0 Å². The number of para-hydroxylation sites is 1. The zero-order chi connectivity index (χ0) is 15.1. The standard InChI is InChI=1S/C14H18N4O2S/c1-4-9-15-12-16-13(19-2)18-14(17-12)20-10-7-5-6-8-11(10)21-3/h5-8H,4,9H2,1-3H3,(H,15,16,17,18). The van der Waals surface area contributed by atoms with Crippen molar-refractivity contribution in [2.75, 3.05) is 25.2 Å². The lowest BCUT2D eigenvalue weighted by atomic mass is 10.3. The van der Waals surface area contributed by atoms with Crippen molar-refractivity contribution >= 4 is 17.7 Å². The first kappa shape index (κ1) is 15.4. The fourth-order valence-electron chi connectivity index (χ4n) is 1.59. The van der Waals surface area contributed by atoms with E-state index in [1.807, 2.05) is 30.5 Å². The molecule has 0 spiro atoms. The molecule has 1 aromatic heterocycles. The molecule has 0 amide bonds. The minimum Gasteiger partial charge on any atom is -0.467 e. The summed E-state index contributed by atoms with van der Waals surface area (Å²) in [4.78, 5) is 13.5. The lowest BCUT2D eigenvalue weighted by Crippen LogP contribution is -2.07. The van der Waals surface area contributed by atoms with Gasteiger partial charge in [0, 0.05) is 11.4 Å². The Morgan fingerprint density at radius 2 is 1.90 bits per heavy atom. The Balaban J connectivity index is 2.25. The van der Waals surface area contributed by atoms with Crippen LogP contribution < -0.4 is 14.8 Å². The molecule has 6 nitrogen and oxygen atoms in total. The topological polar surface area (TPSA) is 69.2 Å². The number of nitrogens with one attached hydrogen (secondary N) is 1. The number of ether oxygens (including phenoxy) is 2. The lowest BCUT2D eigenvalue weighted by molar-refractivity contribution is 0.358. The largest absolute Gasteiger partial charge is 0.467 e. The number of nitrogens with zero attached hydrogens (tertiary/aromatic N) is 3. The second-order valence-corrected chi connectivity index (χ2v) is 4.96. The molecule has 0 aliphatic heterocycles. The van der Waals surface area contributed by atoms with Crippen molar-refractivity contribution in [2.24, 2.45) is 0 Å². The van der Waals surface area contributed by atoms with Gasteiger partial charge in [0.15, 0.2) is 0 Å². The third-order valence-electron chi connectivity index (χ3n) is 2.58. The van der Waals surface area contributed by atoms with E-state index in [1.54, 1.807) is 11.8 Å². The molecule has 0 unspecified atom stereocenters. The van der Waals surface area contributed by atoms with Crippen LogP contribution in [0.2, 0.25) is 0 Å². The van der Waals surface area contributed by atoms with Gasteiger partial charge in [0.1, 0.15) is 5.75 Å². The third kappa shape index (κ3) is 4.22. The molecule has 0 atom stereocenters. The predicted octanol–water partition coefficient (Wildman–Crippen LogP) is 3.22. The summed E-state index contributed by atoms with van der Waals surface area (Å²) in [5.74, 6) is 1.15. The van der Waals surface area contributed by atoms with E-state index < -0.39 is 0 Å². The first-order valence-corrected chi connectivity index (χ1v) is 7.84. The first-order chi connectivity index (χ1) is 10.3. The molecular weight excluding hydrogens is 288 g/mol. The van der Waals surface area contributed by atoms with Gasteiger partial charge in [-0.1, -0.05) is 19.1 Å². The number of hydrogen-bond donors (Lipinski definition) is 1. The number of methoxy groups -OCH3 is 1. The first-order valence-electron chi connectivity index (χ1n) is 6.61. The molecule has 21 heavy (non-hydrogen) atoms. The van der Waals surface area contributed by atoms with Crippen molar-refractivity contribution in [2.45, 2.75) is 18.2 Å². The molecule has 7 heteroatoms. The van der Waals surface area contributed by atoms with E-state index in [9.17, 15) is 0 Å². The van der Waals surface area contributed by atoms with E-state index in [-0.39, 0.29) is 12.0 Å². The van der Waals surface area contributed by atoms with Crippen LogP contribution in [0.25, 0.3) is 0 Å². The Morgan fingerprint density at radius 1 is 1.14 bits per heavy atom. The molecule has 0 saturated carbocycles. The molecule has 0 aliphatic carbocycles. The van der Waals surface area contributed by atoms with Crippen LogP contribution in [0.1, 0.15) is 13.3 Å². The second kappa shape index (κ2) is 7.68. The van der Waals surface area contributed by atoms with Crippen molar-refractivity contribution in [1.29, 1.82) is 0 Å². The van der Waals surface area contributed by atoms with Crippen molar-refractivity contribution in [3.8, 4) is 17.8 Å². The second-order valence-electron chi connectivity index (χ2n) is 4.11. The summed E-state index contributed by atoms with van der Waals surface area (Å²) in [7, 11) is 1.51. The van der Waals surface area contributed by atoms with Crippen LogP contribution in [-0.2, 0) is 0 Å². The molecule has 1 N–H and O–H groups in total. The van der Waals surface area contributed by atoms with Crippen LogP contribution in [0.3, 0.4) is 0 Å². The highest BCUT2D eigenvalue weighted by Crippen LogP contribution is 2.30. The average molecular weight is 306 g/mol. The van der Waals surface area contributed by atoms with Crippen LogP contribution in [0, 0.1) is 0 Å². The molecule has 0 fully saturated rings. The summed E-state index contributed by atoms with van der Waals surface area (Å²) >= 11 is 1.60. The molecule has 1 aromatic carbocycles. The zero-order valence-electron chi connectivity index (χ0n) is 12.3. The number of aromatic nitrogens is 3. The minimum absolute atomic E-state index is 0.210. The average Bonchev–Trinajstić information content (AvgIpc) is 2.53. The maximum absolute atomic E-state index is 5.76. The maximum Gasteiger partial charge on any atom is 0.330 e. The molecule has 0 radical (unpaired) electrons. The highest BCUT2D eigenvalue weighted by Gasteiger charge is 2.10. The van der Waals surface area contributed by atoms with Gasteiger partial charge >= 0.3 is 12.0 Å². The molecule has 0 saturated heterocycles. The molecule has 112 valence electrons. The Labute approximate surface area is 128 Å². The monoisotopic (exact) mass is 306 g/mol. The lowest BCUT2D eigenvalue weighted by Gasteiger charge is -2.10. The van der Waals surface area contributed by atoms with E-state index in [0.717, 1.165) is 17.9 Å². The van der Waals surface area contributed by atoms with Crippen LogP contribution >= 0.6 is 11.8 Å². The Bertz CT molecular complexity index is 595. The van der Waals surface area contributed by atoms with Crippen molar-refractivity contribution in [3.63, 3.8) is 0 Å². The summed E-state index contributed by atoms with van der Waals surface area (Å²) in [5, 5.41) is 3.10. The van der Waals surface area contributed by atoms with E-state index >= 15 is 0 Å². The van der Waals surface area contributed by atoms with Gasteiger partial charge in [-0.25, -0.2) is 0 Å². The molecular formula is C14H18N4O2S. The van der Waals surface area contributed by atoms with Gasteiger partial charge in [-0.2, -0.15) is 9.97 Å². The van der Waals surface area contributed by atoms with Crippen LogP contribution in [-0.4, -0.2) is 34.9 Å². The van der Waals surface area contributed by atoms with Gasteiger partial charge in [0.05, 0.1) is 7.11 Å².